The van der Waals surface area contributed by atoms with E-state index >= 15 is 0 Å². The van der Waals surface area contributed by atoms with Gasteiger partial charge in [-0.25, -0.2) is 4.79 Å². The van der Waals surface area contributed by atoms with Crippen molar-refractivity contribution >= 4 is 26.8 Å². The third-order valence-corrected chi connectivity index (χ3v) is 8.71. The van der Waals surface area contributed by atoms with E-state index in [2.05, 4.69) is 15.3 Å². The van der Waals surface area contributed by atoms with Gasteiger partial charge in [0.05, 0.1) is 0 Å². The largest absolute Gasteiger partial charge is 0.508 e. The van der Waals surface area contributed by atoms with E-state index < -0.39 is 26.8 Å². The molecule has 0 radical (unpaired) electrons. The van der Waals surface area contributed by atoms with E-state index in [-0.39, 0.29) is 34.7 Å². The van der Waals surface area contributed by atoms with E-state index in [1.54, 1.807) is 0 Å². The number of carbonyl (C=O) groups is 1. The lowest BCUT2D eigenvalue weighted by Crippen LogP contribution is -2.19. The molecule has 12 nitrogen and oxygen atoms in total. The molecule has 2 rings (SSSR count). The summed E-state index contributed by atoms with van der Waals surface area (Å²) in [6, 6.07) is 6.25. The minimum atomic E-state index is -4.86. The molecule has 0 aliphatic carbocycles. The molecular weight excluding hydrogens is 664 g/mol. The van der Waals surface area contributed by atoms with Gasteiger partial charge in [-0.15, -0.1) is 0 Å². The highest BCUT2D eigenvalue weighted by Gasteiger charge is 2.23. The van der Waals surface area contributed by atoms with Crippen molar-refractivity contribution in [2.75, 3.05) is 0 Å². The minimum absolute atomic E-state index is 0.0882. The zero-order valence-electron chi connectivity index (χ0n) is 28.1. The van der Waals surface area contributed by atoms with Crippen LogP contribution in [-0.4, -0.2) is 48.2 Å². The number of benzene rings is 2. The van der Waals surface area contributed by atoms with Crippen molar-refractivity contribution in [2.45, 2.75) is 136 Å². The van der Waals surface area contributed by atoms with Gasteiger partial charge in [-0.2, -0.15) is 16.8 Å². The Morgan fingerprint density at radius 1 is 0.646 bits per heavy atom. The number of phenols is 2. The maximum absolute atomic E-state index is 13.3. The molecule has 272 valence electrons. The molecule has 48 heavy (non-hydrogen) atoms. The first-order valence-electron chi connectivity index (χ1n) is 16.9. The molecular formula is C34H52O12S2. The number of carbonyl (C=O) groups excluding carboxylic acids is 1. The van der Waals surface area contributed by atoms with Crippen molar-refractivity contribution < 1.29 is 54.1 Å². The summed E-state index contributed by atoms with van der Waals surface area (Å²) in [6.07, 6.45) is 15.8. The number of hydrogen-bond acceptors (Lipinski definition) is 10. The first-order chi connectivity index (χ1) is 22.7. The third kappa shape index (κ3) is 17.4. The smallest absolute Gasteiger partial charge is 0.446 e. The summed E-state index contributed by atoms with van der Waals surface area (Å²) in [7, 11) is -9.72. The fourth-order valence-electron chi connectivity index (χ4n) is 5.69. The molecule has 0 saturated heterocycles. The average molecular weight is 717 g/mol. The van der Waals surface area contributed by atoms with Crippen LogP contribution in [0, 0.1) is 0 Å². The quantitative estimate of drug-likeness (QED) is 0.0439. The lowest BCUT2D eigenvalue weighted by atomic mass is 9.98. The molecule has 0 aromatic heterocycles. The van der Waals surface area contributed by atoms with Crippen LogP contribution in [0.15, 0.2) is 30.3 Å². The average Bonchev–Trinajstić information content (AvgIpc) is 2.95. The topological polar surface area (TPSA) is 194 Å². The van der Waals surface area contributed by atoms with Crippen molar-refractivity contribution in [3.63, 3.8) is 0 Å². The van der Waals surface area contributed by atoms with Crippen LogP contribution in [0.5, 0.6) is 23.0 Å². The van der Waals surface area contributed by atoms with Crippen molar-refractivity contribution in [1.82, 2.24) is 0 Å². The van der Waals surface area contributed by atoms with Gasteiger partial charge in [0.25, 0.3) is 0 Å². The molecule has 1 atom stereocenters. The number of rotatable bonds is 25. The van der Waals surface area contributed by atoms with E-state index in [9.17, 15) is 31.8 Å². The highest BCUT2D eigenvalue weighted by molar-refractivity contribution is 7.81. The molecule has 0 heterocycles. The maximum atomic E-state index is 13.3. The molecule has 0 fully saturated rings. The van der Waals surface area contributed by atoms with Crippen LogP contribution in [-0.2, 0) is 38.4 Å². The number of aryl methyl sites for hydroxylation is 2. The Morgan fingerprint density at radius 3 is 1.71 bits per heavy atom. The molecule has 0 amide bonds. The van der Waals surface area contributed by atoms with Crippen LogP contribution in [0.2, 0.25) is 0 Å². The molecule has 2 aromatic carbocycles. The summed E-state index contributed by atoms with van der Waals surface area (Å²) < 4.78 is 77.0. The summed E-state index contributed by atoms with van der Waals surface area (Å²) in [5, 5.41) is 20.6. The molecule has 0 aliphatic rings. The Morgan fingerprint density at radius 2 is 1.17 bits per heavy atom. The van der Waals surface area contributed by atoms with Crippen LogP contribution >= 0.6 is 0 Å². The van der Waals surface area contributed by atoms with Crippen LogP contribution in [0.1, 0.15) is 138 Å². The van der Waals surface area contributed by atoms with Crippen molar-refractivity contribution in [3.8, 4) is 23.0 Å². The van der Waals surface area contributed by atoms with E-state index in [1.807, 2.05) is 6.92 Å². The summed E-state index contributed by atoms with van der Waals surface area (Å²) in [4.78, 5) is 13.3. The molecule has 1 unspecified atom stereocenters. The lowest BCUT2D eigenvalue weighted by Gasteiger charge is -2.19. The van der Waals surface area contributed by atoms with E-state index in [1.165, 1.54) is 56.4 Å². The monoisotopic (exact) mass is 716 g/mol. The Kier molecular flexibility index (Phi) is 18.1. The summed E-state index contributed by atoms with van der Waals surface area (Å²) in [5.41, 5.74) is 1.18. The molecule has 0 aliphatic heterocycles. The van der Waals surface area contributed by atoms with E-state index in [0.717, 1.165) is 57.4 Å². The maximum Gasteiger partial charge on any atom is 0.446 e. The molecule has 0 bridgehead atoms. The number of esters is 1. The van der Waals surface area contributed by atoms with Gasteiger partial charge >= 0.3 is 26.8 Å². The highest BCUT2D eigenvalue weighted by Crippen LogP contribution is 2.31. The van der Waals surface area contributed by atoms with Gasteiger partial charge in [-0.3, -0.25) is 9.11 Å². The SMILES string of the molecule is CCCCCCCCCCc1cc(O)cc(O)c1C(=O)OC(CCC)CCCCCCCc1cc(OS(=O)(=O)O)cc(OS(=O)(=O)O)c1. The first-order valence-corrected chi connectivity index (χ1v) is 19.7. The number of aromatic hydroxyl groups is 2. The van der Waals surface area contributed by atoms with Crippen LogP contribution < -0.4 is 8.37 Å². The van der Waals surface area contributed by atoms with Crippen LogP contribution in [0.25, 0.3) is 0 Å². The van der Waals surface area contributed by atoms with Gasteiger partial charge in [-0.05, 0) is 74.3 Å². The predicted octanol–water partition coefficient (Wildman–Crippen LogP) is 8.05. The van der Waals surface area contributed by atoms with Gasteiger partial charge in [0, 0.05) is 12.1 Å². The predicted molar refractivity (Wildman–Crippen MR) is 182 cm³/mol. The van der Waals surface area contributed by atoms with Crippen LogP contribution in [0.3, 0.4) is 0 Å². The Balaban J connectivity index is 1.86. The Hall–Kier alpha value is -3.07. The summed E-state index contributed by atoms with van der Waals surface area (Å²) >= 11 is 0. The van der Waals surface area contributed by atoms with Gasteiger partial charge < -0.3 is 23.3 Å². The number of ether oxygens (including phenoxy) is 1. The fourth-order valence-corrected chi connectivity index (χ4v) is 6.37. The fraction of sp³-hybridized carbons (Fsp3) is 0.618. The second kappa shape index (κ2) is 21.1. The molecule has 0 saturated carbocycles. The first kappa shape index (κ1) is 41.1. The zero-order valence-corrected chi connectivity index (χ0v) is 29.7. The number of phenolic OH excluding ortho intramolecular Hbond substituents is 2. The Labute approximate surface area is 285 Å². The highest BCUT2D eigenvalue weighted by atomic mass is 32.3. The molecule has 14 heteroatoms. The van der Waals surface area contributed by atoms with Gasteiger partial charge in [0.15, 0.2) is 0 Å². The third-order valence-electron chi connectivity index (χ3n) is 7.91. The van der Waals surface area contributed by atoms with Crippen molar-refractivity contribution in [2.24, 2.45) is 0 Å². The summed E-state index contributed by atoms with van der Waals surface area (Å²) in [6.45, 7) is 4.20. The molecule has 2 aromatic rings. The molecule has 0 spiro atoms. The van der Waals surface area contributed by atoms with E-state index in [4.69, 9.17) is 13.8 Å². The number of unbranched alkanes of at least 4 members (excludes halogenated alkanes) is 11. The van der Waals surface area contributed by atoms with Crippen molar-refractivity contribution in [3.05, 3.63) is 47.0 Å². The minimum Gasteiger partial charge on any atom is -0.508 e. The van der Waals surface area contributed by atoms with Gasteiger partial charge in [0.1, 0.15) is 34.7 Å². The van der Waals surface area contributed by atoms with Gasteiger partial charge in [0.2, 0.25) is 0 Å². The summed E-state index contributed by atoms with van der Waals surface area (Å²) in [5.74, 6) is -1.69. The van der Waals surface area contributed by atoms with Crippen LogP contribution in [0.4, 0.5) is 0 Å². The number of hydrogen-bond donors (Lipinski definition) is 4. The Bertz CT molecular complexity index is 1440. The standard InChI is InChI=1S/C34H52O12S2/c1-3-5-6-7-8-9-12-15-19-27-23-28(35)24-32(36)33(27)34(37)44-29(17-4-2)20-16-13-10-11-14-18-26-21-30(45-47(38,39)40)25-31(22-26)46-48(41,42)43/h21-25,29,35-36H,3-20H2,1-2H3,(H,38,39,40)(H,41,42,43). The molecule has 4 N–H and O–H groups in total. The lowest BCUT2D eigenvalue weighted by molar-refractivity contribution is 0.0249. The zero-order chi connectivity index (χ0) is 35.6. The van der Waals surface area contributed by atoms with Crippen molar-refractivity contribution in [1.29, 1.82) is 0 Å². The van der Waals surface area contributed by atoms with E-state index in [0.29, 0.717) is 43.2 Å². The normalized spacial score (nSPS) is 12.5. The second-order valence-corrected chi connectivity index (χ2v) is 14.2. The second-order valence-electron chi connectivity index (χ2n) is 12.2. The van der Waals surface area contributed by atoms with Gasteiger partial charge in [-0.1, -0.05) is 84.5 Å².